The van der Waals surface area contributed by atoms with Gasteiger partial charge in [-0.3, -0.25) is 0 Å². The Hall–Kier alpha value is 0.584. The number of hydrogen-bond acceptors (Lipinski definition) is 0. The van der Waals surface area contributed by atoms with E-state index >= 15 is 0 Å². The molecule has 0 saturated heterocycles. The maximum Gasteiger partial charge on any atom is 1.00 e. The topological polar surface area (TPSA) is 0 Å². The maximum absolute atomic E-state index is 2.51. The normalized spacial score (nSPS) is 11.0. The molecule has 0 rings (SSSR count). The van der Waals surface area contributed by atoms with Crippen LogP contribution >= 0.6 is 0 Å². The van der Waals surface area contributed by atoms with Crippen molar-refractivity contribution < 1.29 is 17.1 Å². The Balaban J connectivity index is 0. The average Bonchev–Trinajstić information content (AvgIpc) is 1.88. The standard InChI is InChI=1S/C10H24B.Cu/c1-5-8-11(4,9-6-2)10-7-3;/h5-10H2,1-4H3;/q-1;+1. The SMILES string of the molecule is CCC[B-](C)(CCC)CCC.[Cu+]. The quantitative estimate of drug-likeness (QED) is 0.584. The van der Waals surface area contributed by atoms with Gasteiger partial charge < -0.3 is 0 Å². The fourth-order valence-corrected chi connectivity index (χ4v) is 2.52. The molecule has 0 radical (unpaired) electrons. The minimum Gasteiger partial charge on any atom is -0.190 e. The summed E-state index contributed by atoms with van der Waals surface area (Å²) in [6, 6.07) is 0. The van der Waals surface area contributed by atoms with Gasteiger partial charge in [0.2, 0.25) is 0 Å². The van der Waals surface area contributed by atoms with E-state index in [1.54, 1.807) is 0 Å². The third-order valence-electron chi connectivity index (χ3n) is 2.96. The minimum absolute atomic E-state index is 0. The van der Waals surface area contributed by atoms with Crippen LogP contribution < -0.4 is 0 Å². The van der Waals surface area contributed by atoms with Crippen LogP contribution in [-0.4, -0.2) is 6.15 Å². The molecule has 0 atom stereocenters. The van der Waals surface area contributed by atoms with Crippen LogP contribution in [0.1, 0.15) is 40.0 Å². The maximum atomic E-state index is 2.51. The Bertz CT molecular complexity index is 76.8. The smallest absolute Gasteiger partial charge is 0.190 e. The molecule has 0 aliphatic heterocycles. The molecular formula is C10H24BCu. The molecule has 0 heterocycles. The molecule has 0 amide bonds. The van der Waals surface area contributed by atoms with Crippen molar-refractivity contribution in [2.45, 2.75) is 65.8 Å². The van der Waals surface area contributed by atoms with E-state index in [1.165, 1.54) is 38.2 Å². The molecule has 0 aromatic heterocycles. The molecule has 0 bridgehead atoms. The monoisotopic (exact) mass is 218 g/mol. The Morgan fingerprint density at radius 3 is 1.17 bits per heavy atom. The molecule has 0 unspecified atom stereocenters. The molecule has 2 heteroatoms. The van der Waals surface area contributed by atoms with E-state index in [2.05, 4.69) is 27.6 Å². The fourth-order valence-electron chi connectivity index (χ4n) is 2.52. The van der Waals surface area contributed by atoms with E-state index in [9.17, 15) is 0 Å². The van der Waals surface area contributed by atoms with Crippen LogP contribution in [0, 0.1) is 0 Å². The molecule has 0 aromatic rings. The van der Waals surface area contributed by atoms with Crippen LogP contribution in [0.25, 0.3) is 0 Å². The summed E-state index contributed by atoms with van der Waals surface area (Å²) in [5, 5.41) is 0. The van der Waals surface area contributed by atoms with Gasteiger partial charge in [0.15, 0.2) is 0 Å². The molecule has 12 heavy (non-hydrogen) atoms. The first-order valence-corrected chi connectivity index (χ1v) is 5.42. The molecule has 78 valence electrons. The zero-order valence-electron chi connectivity index (χ0n) is 9.12. The van der Waals surface area contributed by atoms with Crippen molar-refractivity contribution in [2.75, 3.05) is 0 Å². The van der Waals surface area contributed by atoms with E-state index in [0.29, 0.717) is 0 Å². The van der Waals surface area contributed by atoms with Crippen LogP contribution in [-0.2, 0) is 17.1 Å². The number of rotatable bonds is 6. The van der Waals surface area contributed by atoms with Crippen molar-refractivity contribution in [3.8, 4) is 0 Å². The molecule has 0 fully saturated rings. The van der Waals surface area contributed by atoms with Crippen molar-refractivity contribution in [2.24, 2.45) is 0 Å². The first-order chi connectivity index (χ1) is 5.18. The summed E-state index contributed by atoms with van der Waals surface area (Å²) >= 11 is 0. The van der Waals surface area contributed by atoms with Gasteiger partial charge in [-0.25, -0.2) is 0 Å². The summed E-state index contributed by atoms with van der Waals surface area (Å²) < 4.78 is 0. The molecule has 0 saturated carbocycles. The summed E-state index contributed by atoms with van der Waals surface area (Å²) in [5.74, 6) is 0. The summed E-state index contributed by atoms with van der Waals surface area (Å²) in [6.45, 7) is 9.44. The first-order valence-electron chi connectivity index (χ1n) is 5.42. The summed E-state index contributed by atoms with van der Waals surface area (Å²) in [5.41, 5.74) is 0. The van der Waals surface area contributed by atoms with E-state index in [-0.39, 0.29) is 23.2 Å². The molecular weight excluding hydrogens is 194 g/mol. The van der Waals surface area contributed by atoms with Crippen molar-refractivity contribution in [1.29, 1.82) is 0 Å². The third kappa shape index (κ3) is 6.14. The second-order valence-electron chi connectivity index (χ2n) is 4.46. The summed E-state index contributed by atoms with van der Waals surface area (Å²) in [4.78, 5) is 0. The average molecular weight is 219 g/mol. The predicted molar refractivity (Wildman–Crippen MR) is 56.9 cm³/mol. The van der Waals surface area contributed by atoms with E-state index in [0.717, 1.165) is 0 Å². The van der Waals surface area contributed by atoms with Gasteiger partial charge in [0.05, 0.1) is 0 Å². The van der Waals surface area contributed by atoms with Crippen LogP contribution in [0.2, 0.25) is 25.8 Å². The molecule has 0 aliphatic carbocycles. The van der Waals surface area contributed by atoms with Crippen molar-refractivity contribution in [3.05, 3.63) is 0 Å². The van der Waals surface area contributed by atoms with Crippen LogP contribution in [0.15, 0.2) is 0 Å². The van der Waals surface area contributed by atoms with Crippen molar-refractivity contribution in [3.63, 3.8) is 0 Å². The summed E-state index contributed by atoms with van der Waals surface area (Å²) in [6.07, 6.45) is 8.56. The third-order valence-corrected chi connectivity index (χ3v) is 2.96. The second-order valence-corrected chi connectivity index (χ2v) is 4.46. The van der Waals surface area contributed by atoms with Crippen molar-refractivity contribution in [1.82, 2.24) is 0 Å². The van der Waals surface area contributed by atoms with Crippen LogP contribution in [0.4, 0.5) is 0 Å². The van der Waals surface area contributed by atoms with Gasteiger partial charge >= 0.3 is 17.1 Å². The van der Waals surface area contributed by atoms with Crippen LogP contribution in [0.5, 0.6) is 0 Å². The van der Waals surface area contributed by atoms with Gasteiger partial charge in [0.1, 0.15) is 0 Å². The van der Waals surface area contributed by atoms with E-state index in [1.807, 2.05) is 0 Å². The largest absolute Gasteiger partial charge is 1.00 e. The molecule has 0 aliphatic rings. The predicted octanol–water partition coefficient (Wildman–Crippen LogP) is 4.29. The van der Waals surface area contributed by atoms with Gasteiger partial charge in [0, 0.05) is 0 Å². The van der Waals surface area contributed by atoms with E-state index in [4.69, 9.17) is 0 Å². The van der Waals surface area contributed by atoms with Gasteiger partial charge in [-0.1, -0.05) is 40.0 Å². The Labute approximate surface area is 89.3 Å². The zero-order valence-corrected chi connectivity index (χ0v) is 10.1. The fraction of sp³-hybridized carbons (Fsp3) is 1.00. The Morgan fingerprint density at radius 2 is 1.00 bits per heavy atom. The van der Waals surface area contributed by atoms with Crippen LogP contribution in [0.3, 0.4) is 0 Å². The molecule has 0 aromatic carbocycles. The summed E-state index contributed by atoms with van der Waals surface area (Å²) in [7, 11) is 0. The zero-order chi connectivity index (χ0) is 8.74. The van der Waals surface area contributed by atoms with Crippen molar-refractivity contribution >= 4 is 6.15 Å². The Morgan fingerprint density at radius 1 is 0.750 bits per heavy atom. The van der Waals surface area contributed by atoms with Gasteiger partial charge in [-0.05, 0) is 6.15 Å². The van der Waals surface area contributed by atoms with Gasteiger partial charge in [-0.2, -0.15) is 25.8 Å². The minimum atomic E-state index is 0. The molecule has 0 nitrogen and oxygen atoms in total. The number of hydrogen-bond donors (Lipinski definition) is 0. The molecule has 0 spiro atoms. The first kappa shape index (κ1) is 15.1. The van der Waals surface area contributed by atoms with Gasteiger partial charge in [0.25, 0.3) is 0 Å². The molecule has 0 N–H and O–H groups in total. The Kier molecular flexibility index (Phi) is 10.3. The second kappa shape index (κ2) is 8.19. The van der Waals surface area contributed by atoms with Gasteiger partial charge in [-0.15, -0.1) is 0 Å². The van der Waals surface area contributed by atoms with E-state index < -0.39 is 0 Å².